The molecule has 8 heteroatoms. The fourth-order valence-electron chi connectivity index (χ4n) is 5.54. The van der Waals surface area contributed by atoms with Crippen molar-refractivity contribution in [1.29, 1.82) is 0 Å². The zero-order chi connectivity index (χ0) is 28.3. The molecule has 40 heavy (non-hydrogen) atoms. The van der Waals surface area contributed by atoms with E-state index in [0.29, 0.717) is 38.8 Å². The van der Waals surface area contributed by atoms with Gasteiger partial charge in [0.15, 0.2) is 0 Å². The molecule has 2 amide bonds. The van der Waals surface area contributed by atoms with Gasteiger partial charge in [0.25, 0.3) is 0 Å². The van der Waals surface area contributed by atoms with Crippen molar-refractivity contribution in [2.24, 2.45) is 11.8 Å². The molecule has 1 N–H and O–H groups in total. The van der Waals surface area contributed by atoms with Crippen LogP contribution < -0.4 is 0 Å². The topological polar surface area (TPSA) is 87.2 Å². The first-order chi connectivity index (χ1) is 19.4. The summed E-state index contributed by atoms with van der Waals surface area (Å²) >= 11 is 0. The summed E-state index contributed by atoms with van der Waals surface area (Å²) in [5.74, 6) is -1.79. The van der Waals surface area contributed by atoms with Crippen LogP contribution in [0, 0.1) is 17.7 Å². The number of ether oxygens (including phenoxy) is 1. The van der Waals surface area contributed by atoms with Crippen molar-refractivity contribution < 1.29 is 28.6 Å². The summed E-state index contributed by atoms with van der Waals surface area (Å²) in [7, 11) is 0. The molecular formula is C32H39FN2O5. The largest absolute Gasteiger partial charge is 0.463 e. The van der Waals surface area contributed by atoms with Crippen molar-refractivity contribution in [1.82, 2.24) is 9.80 Å². The Labute approximate surface area is 235 Å². The third-order valence-corrected chi connectivity index (χ3v) is 7.79. The average Bonchev–Trinajstić information content (AvgIpc) is 3.43. The number of cyclic esters (lactones) is 1. The Morgan fingerprint density at radius 3 is 2.52 bits per heavy atom. The average molecular weight is 551 g/mol. The lowest BCUT2D eigenvalue weighted by atomic mass is 9.94. The fourth-order valence-corrected chi connectivity index (χ4v) is 5.54. The molecule has 214 valence electrons. The standard InChI is InChI=1S/C32H39FN2O5/c33-28-15-13-24(14-16-28)20-27-11-6-2-5-10-26(31(38)35-17-7-12-29(35)23-40-32(27)39)21-30(37)34(18-19-36)22-25-8-3-1-4-9-25/h1-5,8-9,13-16,26-27,29,36H,6-7,10-12,17-23H2/b5-2+/t26-,27+,29+/m1/s1. The van der Waals surface area contributed by atoms with E-state index in [1.165, 1.54) is 12.1 Å². The Hall–Kier alpha value is -3.52. The molecule has 2 aromatic rings. The molecule has 0 bridgehead atoms. The minimum Gasteiger partial charge on any atom is -0.463 e. The first-order valence-corrected chi connectivity index (χ1v) is 14.2. The van der Waals surface area contributed by atoms with E-state index < -0.39 is 5.92 Å². The minimum atomic E-state index is -0.534. The lowest BCUT2D eigenvalue weighted by Gasteiger charge is -2.30. The summed E-state index contributed by atoms with van der Waals surface area (Å²) in [5.41, 5.74) is 1.83. The van der Waals surface area contributed by atoms with Gasteiger partial charge in [0.05, 0.1) is 24.5 Å². The van der Waals surface area contributed by atoms with E-state index in [-0.39, 0.29) is 61.7 Å². The molecule has 0 saturated carbocycles. The van der Waals surface area contributed by atoms with Crippen LogP contribution in [0.15, 0.2) is 66.7 Å². The third-order valence-electron chi connectivity index (χ3n) is 7.79. The molecule has 2 heterocycles. The highest BCUT2D eigenvalue weighted by Crippen LogP contribution is 2.26. The van der Waals surface area contributed by atoms with Gasteiger partial charge in [0.2, 0.25) is 11.8 Å². The number of esters is 1. The number of allylic oxidation sites excluding steroid dienone is 2. The van der Waals surface area contributed by atoms with Crippen LogP contribution in [0.5, 0.6) is 0 Å². The molecule has 7 nitrogen and oxygen atoms in total. The number of hydrogen-bond donors (Lipinski definition) is 1. The number of carbonyl (C=O) groups is 3. The highest BCUT2D eigenvalue weighted by Gasteiger charge is 2.35. The predicted octanol–water partition coefficient (Wildman–Crippen LogP) is 4.29. The lowest BCUT2D eigenvalue weighted by molar-refractivity contribution is -0.152. The second kappa shape index (κ2) is 14.7. The second-order valence-corrected chi connectivity index (χ2v) is 10.7. The number of rotatable bonds is 8. The normalized spacial score (nSPS) is 22.9. The van der Waals surface area contributed by atoms with Crippen molar-refractivity contribution in [3.05, 3.63) is 83.7 Å². The van der Waals surface area contributed by atoms with Crippen LogP contribution in [0.2, 0.25) is 0 Å². The molecule has 0 aromatic heterocycles. The summed E-state index contributed by atoms with van der Waals surface area (Å²) in [4.78, 5) is 43.5. The lowest BCUT2D eigenvalue weighted by Crippen LogP contribution is -2.44. The second-order valence-electron chi connectivity index (χ2n) is 10.7. The number of hydrogen-bond acceptors (Lipinski definition) is 5. The Bertz CT molecular complexity index is 1150. The summed E-state index contributed by atoms with van der Waals surface area (Å²) in [6.07, 6.45) is 7.57. The van der Waals surface area contributed by atoms with Gasteiger partial charge in [0.1, 0.15) is 12.4 Å². The van der Waals surface area contributed by atoms with Crippen LogP contribution in [0.4, 0.5) is 4.39 Å². The number of nitrogens with zero attached hydrogens (tertiary/aromatic N) is 2. The smallest absolute Gasteiger partial charge is 0.309 e. The molecule has 3 atom stereocenters. The Balaban J connectivity index is 1.47. The monoisotopic (exact) mass is 550 g/mol. The van der Waals surface area contributed by atoms with Gasteiger partial charge in [-0.2, -0.15) is 0 Å². The van der Waals surface area contributed by atoms with E-state index >= 15 is 0 Å². The molecule has 0 spiro atoms. The molecule has 1 saturated heterocycles. The quantitative estimate of drug-likeness (QED) is 0.392. The van der Waals surface area contributed by atoms with E-state index in [2.05, 4.69) is 0 Å². The molecular weight excluding hydrogens is 511 g/mol. The first-order valence-electron chi connectivity index (χ1n) is 14.2. The maximum atomic E-state index is 13.7. The SMILES string of the molecule is O=C1OC[C@@H]2CCCN2C(=O)[C@@H](CC(=O)N(CCO)Cc2ccccc2)C/C=C/CC[C@H]1Cc1ccc(F)cc1. The molecule has 4 rings (SSSR count). The van der Waals surface area contributed by atoms with Gasteiger partial charge in [-0.3, -0.25) is 14.4 Å². The van der Waals surface area contributed by atoms with Crippen molar-refractivity contribution in [2.45, 2.75) is 57.5 Å². The number of halogens is 1. The van der Waals surface area contributed by atoms with E-state index in [1.54, 1.807) is 21.9 Å². The van der Waals surface area contributed by atoms with E-state index in [0.717, 1.165) is 24.0 Å². The number of carbonyl (C=O) groups excluding carboxylic acids is 3. The van der Waals surface area contributed by atoms with Crippen molar-refractivity contribution in [2.75, 3.05) is 26.3 Å². The molecule has 1 fully saturated rings. The fraction of sp³-hybridized carbons (Fsp3) is 0.469. The number of aliphatic hydroxyl groups is 1. The molecule has 2 aliphatic rings. The third kappa shape index (κ3) is 8.24. The van der Waals surface area contributed by atoms with E-state index in [1.807, 2.05) is 42.5 Å². The molecule has 0 unspecified atom stereocenters. The van der Waals surface area contributed by atoms with Crippen molar-refractivity contribution in [3.8, 4) is 0 Å². The number of benzene rings is 2. The van der Waals surface area contributed by atoms with Gasteiger partial charge in [-0.25, -0.2) is 4.39 Å². The summed E-state index contributed by atoms with van der Waals surface area (Å²) in [6.45, 7) is 1.11. The Morgan fingerprint density at radius 1 is 1.00 bits per heavy atom. The van der Waals surface area contributed by atoms with E-state index in [4.69, 9.17) is 4.74 Å². The van der Waals surface area contributed by atoms with Crippen molar-refractivity contribution in [3.63, 3.8) is 0 Å². The van der Waals surface area contributed by atoms with Crippen LogP contribution in [0.1, 0.15) is 49.7 Å². The molecule has 2 aromatic carbocycles. The van der Waals surface area contributed by atoms with Gasteiger partial charge >= 0.3 is 5.97 Å². The van der Waals surface area contributed by atoms with Crippen LogP contribution in [-0.4, -0.2) is 65.0 Å². The maximum Gasteiger partial charge on any atom is 0.309 e. The van der Waals surface area contributed by atoms with Crippen molar-refractivity contribution >= 4 is 17.8 Å². The van der Waals surface area contributed by atoms with Gasteiger partial charge in [-0.15, -0.1) is 0 Å². The summed E-state index contributed by atoms with van der Waals surface area (Å²) < 4.78 is 19.1. The van der Waals surface area contributed by atoms with Gasteiger partial charge in [0, 0.05) is 26.1 Å². The Kier molecular flexibility index (Phi) is 10.9. The zero-order valence-electron chi connectivity index (χ0n) is 22.9. The first kappa shape index (κ1) is 29.5. The van der Waals surface area contributed by atoms with Gasteiger partial charge in [-0.05, 0) is 61.8 Å². The van der Waals surface area contributed by atoms with Crippen LogP contribution in [0.25, 0.3) is 0 Å². The summed E-state index contributed by atoms with van der Waals surface area (Å²) in [5, 5.41) is 9.59. The van der Waals surface area contributed by atoms with Gasteiger partial charge in [-0.1, -0.05) is 54.6 Å². The number of amides is 2. The van der Waals surface area contributed by atoms with E-state index in [9.17, 15) is 23.9 Å². The molecule has 0 radical (unpaired) electrons. The number of aliphatic hydroxyl groups excluding tert-OH is 1. The number of fused-ring (bicyclic) bond motifs is 1. The molecule has 0 aliphatic carbocycles. The Morgan fingerprint density at radius 2 is 1.77 bits per heavy atom. The van der Waals surface area contributed by atoms with Crippen LogP contribution >= 0.6 is 0 Å². The van der Waals surface area contributed by atoms with Crippen LogP contribution in [-0.2, 0) is 32.1 Å². The summed E-state index contributed by atoms with van der Waals surface area (Å²) in [6, 6.07) is 15.5. The van der Waals surface area contributed by atoms with Gasteiger partial charge < -0.3 is 19.6 Å². The minimum absolute atomic E-state index is 0.0478. The zero-order valence-corrected chi connectivity index (χ0v) is 22.9. The predicted molar refractivity (Wildman–Crippen MR) is 149 cm³/mol. The molecule has 2 aliphatic heterocycles. The maximum absolute atomic E-state index is 13.7. The highest BCUT2D eigenvalue weighted by molar-refractivity contribution is 5.86. The highest BCUT2D eigenvalue weighted by atomic mass is 19.1. The van der Waals surface area contributed by atoms with Crippen LogP contribution in [0.3, 0.4) is 0 Å².